The topological polar surface area (TPSA) is 100 Å². The molecule has 0 aliphatic heterocycles. The highest BCUT2D eigenvalue weighted by Gasteiger charge is 2.33. The van der Waals surface area contributed by atoms with Crippen molar-refractivity contribution in [2.75, 3.05) is 43.6 Å². The highest BCUT2D eigenvalue weighted by atomic mass is 35.5. The average molecular weight is 432 g/mol. The van der Waals surface area contributed by atoms with Crippen molar-refractivity contribution in [2.24, 2.45) is 0 Å². The van der Waals surface area contributed by atoms with Gasteiger partial charge in [-0.15, -0.1) is 0 Å². The number of aromatic nitrogens is 3. The summed E-state index contributed by atoms with van der Waals surface area (Å²) in [5, 5.41) is 2.00. The molecule has 1 heterocycles. The number of carbonyl (C=O) groups excluding carboxylic acids is 1. The Labute approximate surface area is 170 Å². The number of rotatable bonds is 6. The predicted molar refractivity (Wildman–Crippen MR) is 105 cm³/mol. The summed E-state index contributed by atoms with van der Waals surface area (Å²) in [5.74, 6) is 0.273. The number of nitrogens with two attached hydrogens (primary N) is 1. The molecular weight excluding hydrogens is 411 g/mol. The minimum Gasteiger partial charge on any atom is -0.368 e. The van der Waals surface area contributed by atoms with Gasteiger partial charge in [-0.3, -0.25) is 9.69 Å². The first-order valence-electron chi connectivity index (χ1n) is 8.44. The molecule has 0 saturated carbocycles. The van der Waals surface area contributed by atoms with E-state index < -0.39 is 28.7 Å². The van der Waals surface area contributed by atoms with Crippen molar-refractivity contribution in [2.45, 2.75) is 19.1 Å². The summed E-state index contributed by atoms with van der Waals surface area (Å²) in [7, 11) is 5.16. The molecule has 1 atom stereocenters. The molecule has 1 amide bonds. The van der Waals surface area contributed by atoms with Crippen molar-refractivity contribution in [1.29, 1.82) is 0 Å². The molecule has 8 nitrogen and oxygen atoms in total. The maximum atomic E-state index is 13.0. The number of nitrogens with zero attached hydrogens (tertiary/aromatic N) is 5. The maximum Gasteiger partial charge on any atom is 0.417 e. The molecule has 12 heteroatoms. The van der Waals surface area contributed by atoms with Gasteiger partial charge in [-0.1, -0.05) is 11.6 Å². The molecule has 0 bridgehead atoms. The molecule has 0 radical (unpaired) electrons. The van der Waals surface area contributed by atoms with Crippen LogP contribution in [0.4, 0.5) is 30.8 Å². The minimum atomic E-state index is -4.62. The third kappa shape index (κ3) is 5.91. The van der Waals surface area contributed by atoms with Crippen molar-refractivity contribution < 1.29 is 18.0 Å². The molecule has 0 aliphatic rings. The summed E-state index contributed by atoms with van der Waals surface area (Å²) in [6.45, 7) is 1.65. The summed E-state index contributed by atoms with van der Waals surface area (Å²) in [6.07, 6.45) is -4.62. The fourth-order valence-corrected chi connectivity index (χ4v) is 2.59. The van der Waals surface area contributed by atoms with Crippen molar-refractivity contribution in [3.05, 3.63) is 34.6 Å². The molecule has 2 rings (SSSR count). The minimum absolute atomic E-state index is 0.00734. The van der Waals surface area contributed by atoms with E-state index in [0.717, 1.165) is 12.1 Å². The SMILES string of the molecule is C[C@@H](c1nc(N)nc(N(C)C)n1)N(C)CC(=O)Nc1ccc(Cl)c(C(F)(F)F)c1. The lowest BCUT2D eigenvalue weighted by atomic mass is 10.2. The van der Waals surface area contributed by atoms with Gasteiger partial charge in [0.2, 0.25) is 17.8 Å². The molecular formula is C17H21ClF3N7O. The van der Waals surface area contributed by atoms with Crippen LogP contribution in [0.1, 0.15) is 24.4 Å². The Balaban J connectivity index is 2.09. The fraction of sp³-hybridized carbons (Fsp3) is 0.412. The van der Waals surface area contributed by atoms with E-state index in [1.54, 1.807) is 37.9 Å². The average Bonchev–Trinajstić information content (AvgIpc) is 2.61. The lowest BCUT2D eigenvalue weighted by molar-refractivity contribution is -0.137. The Hall–Kier alpha value is -2.66. The van der Waals surface area contributed by atoms with Crippen LogP contribution < -0.4 is 16.0 Å². The number of alkyl halides is 3. The number of nitrogens with one attached hydrogen (secondary N) is 1. The number of halogens is 4. The first-order chi connectivity index (χ1) is 13.4. The first-order valence-corrected chi connectivity index (χ1v) is 8.82. The van der Waals surface area contributed by atoms with Crippen LogP contribution in [0.2, 0.25) is 5.02 Å². The lowest BCUT2D eigenvalue weighted by Gasteiger charge is -2.24. The van der Waals surface area contributed by atoms with Crippen LogP contribution in [-0.4, -0.2) is 53.4 Å². The van der Waals surface area contributed by atoms with Gasteiger partial charge in [0.05, 0.1) is 23.2 Å². The van der Waals surface area contributed by atoms with Gasteiger partial charge in [-0.2, -0.15) is 28.1 Å². The van der Waals surface area contributed by atoms with Crippen LogP contribution in [0.25, 0.3) is 0 Å². The Morgan fingerprint density at radius 2 is 1.90 bits per heavy atom. The van der Waals surface area contributed by atoms with Crippen molar-refractivity contribution >= 4 is 35.1 Å². The van der Waals surface area contributed by atoms with Gasteiger partial charge in [-0.25, -0.2) is 0 Å². The number of carbonyl (C=O) groups is 1. The number of hydrogen-bond donors (Lipinski definition) is 2. The normalized spacial score (nSPS) is 12.7. The Bertz CT molecular complexity index is 892. The standard InChI is InChI=1S/C17H21ClF3N7O/c1-9(14-24-15(22)26-16(25-14)27(2)3)28(4)8-13(29)23-10-5-6-12(18)11(7-10)17(19,20)21/h5-7,9H,8H2,1-4H3,(H,23,29)(H2,22,24,25,26)/t9-/m0/s1. The molecule has 0 unspecified atom stereocenters. The zero-order valence-corrected chi connectivity index (χ0v) is 17.0. The van der Waals surface area contributed by atoms with Crippen LogP contribution in [0.3, 0.4) is 0 Å². The molecule has 158 valence electrons. The quantitative estimate of drug-likeness (QED) is 0.725. The Kier molecular flexibility index (Phi) is 6.85. The van der Waals surface area contributed by atoms with Gasteiger partial charge in [0, 0.05) is 19.8 Å². The third-order valence-corrected chi connectivity index (χ3v) is 4.37. The number of hydrogen-bond acceptors (Lipinski definition) is 7. The van der Waals surface area contributed by atoms with E-state index in [1.807, 2.05) is 0 Å². The van der Waals surface area contributed by atoms with Gasteiger partial charge >= 0.3 is 6.18 Å². The van der Waals surface area contributed by atoms with Gasteiger partial charge in [-0.05, 0) is 32.2 Å². The summed E-state index contributed by atoms with van der Waals surface area (Å²) in [4.78, 5) is 28.0. The molecule has 2 aromatic rings. The van der Waals surface area contributed by atoms with E-state index in [4.69, 9.17) is 17.3 Å². The molecule has 0 saturated heterocycles. The van der Waals surface area contributed by atoms with Crippen LogP contribution in [-0.2, 0) is 11.0 Å². The second kappa shape index (κ2) is 8.78. The first kappa shape index (κ1) is 22.6. The van der Waals surface area contributed by atoms with E-state index in [2.05, 4.69) is 20.3 Å². The second-order valence-electron chi connectivity index (χ2n) is 6.58. The van der Waals surface area contributed by atoms with Gasteiger partial charge in [0.25, 0.3) is 0 Å². The number of amides is 1. The number of anilines is 3. The molecule has 1 aromatic carbocycles. The van der Waals surface area contributed by atoms with Crippen molar-refractivity contribution in [1.82, 2.24) is 19.9 Å². The largest absolute Gasteiger partial charge is 0.417 e. The smallest absolute Gasteiger partial charge is 0.368 e. The van der Waals surface area contributed by atoms with Crippen molar-refractivity contribution in [3.63, 3.8) is 0 Å². The maximum absolute atomic E-state index is 13.0. The summed E-state index contributed by atoms with van der Waals surface area (Å²) in [5.41, 5.74) is 4.69. The molecule has 1 aromatic heterocycles. The van der Waals surface area contributed by atoms with Gasteiger partial charge < -0.3 is 16.0 Å². The molecule has 29 heavy (non-hydrogen) atoms. The van der Waals surface area contributed by atoms with Gasteiger partial charge in [0.15, 0.2) is 5.82 Å². The predicted octanol–water partition coefficient (Wildman–Crippen LogP) is 2.82. The fourth-order valence-electron chi connectivity index (χ4n) is 2.37. The summed E-state index contributed by atoms with van der Waals surface area (Å²) < 4.78 is 38.9. The van der Waals surface area contributed by atoms with Crippen LogP contribution in [0, 0.1) is 0 Å². The Morgan fingerprint density at radius 3 is 2.48 bits per heavy atom. The van der Waals surface area contributed by atoms with Crippen LogP contribution >= 0.6 is 11.6 Å². The van der Waals surface area contributed by atoms with Gasteiger partial charge in [0.1, 0.15) is 0 Å². The van der Waals surface area contributed by atoms with E-state index in [0.29, 0.717) is 11.8 Å². The molecule has 0 spiro atoms. The summed E-state index contributed by atoms with van der Waals surface area (Å²) >= 11 is 5.59. The highest BCUT2D eigenvalue weighted by molar-refractivity contribution is 6.31. The second-order valence-corrected chi connectivity index (χ2v) is 6.99. The van der Waals surface area contributed by atoms with Crippen LogP contribution in [0.5, 0.6) is 0 Å². The highest BCUT2D eigenvalue weighted by Crippen LogP contribution is 2.36. The van der Waals surface area contributed by atoms with Crippen molar-refractivity contribution in [3.8, 4) is 0 Å². The zero-order valence-electron chi connectivity index (χ0n) is 16.3. The van der Waals surface area contributed by atoms with E-state index >= 15 is 0 Å². The lowest BCUT2D eigenvalue weighted by Crippen LogP contribution is -2.33. The molecule has 0 fully saturated rings. The summed E-state index contributed by atoms with van der Waals surface area (Å²) in [6, 6.07) is 2.78. The number of likely N-dealkylation sites (N-methyl/N-ethyl adjacent to an activating group) is 1. The zero-order chi connectivity index (χ0) is 21.9. The molecule has 0 aliphatic carbocycles. The van der Waals surface area contributed by atoms with E-state index in [-0.39, 0.29) is 18.2 Å². The third-order valence-electron chi connectivity index (χ3n) is 4.04. The van der Waals surface area contributed by atoms with Crippen LogP contribution in [0.15, 0.2) is 18.2 Å². The van der Waals surface area contributed by atoms with E-state index in [9.17, 15) is 18.0 Å². The number of benzene rings is 1. The monoisotopic (exact) mass is 431 g/mol. The molecule has 3 N–H and O–H groups in total. The Morgan fingerprint density at radius 1 is 1.24 bits per heavy atom. The van der Waals surface area contributed by atoms with E-state index in [1.165, 1.54) is 6.07 Å². The number of nitrogen functional groups attached to an aromatic ring is 1.